The molecule has 1 heterocycles. The summed E-state index contributed by atoms with van der Waals surface area (Å²) in [6, 6.07) is 8.16. The number of unbranched alkanes of at least 4 members (excludes halogenated alkanes) is 7. The highest BCUT2D eigenvalue weighted by molar-refractivity contribution is 5.33. The highest BCUT2D eigenvalue weighted by Gasteiger charge is 2.37. The van der Waals surface area contributed by atoms with E-state index in [1.54, 1.807) is 0 Å². The summed E-state index contributed by atoms with van der Waals surface area (Å²) in [6.07, 6.45) is 12.4. The summed E-state index contributed by atoms with van der Waals surface area (Å²) in [6.45, 7) is 3.11. The summed E-state index contributed by atoms with van der Waals surface area (Å²) < 4.78 is 11.0. The van der Waals surface area contributed by atoms with Crippen molar-refractivity contribution in [2.45, 2.75) is 76.9 Å². The van der Waals surface area contributed by atoms with Crippen molar-refractivity contribution in [1.29, 1.82) is 0 Å². The van der Waals surface area contributed by atoms with E-state index in [0.29, 0.717) is 13.0 Å². The lowest BCUT2D eigenvalue weighted by atomic mass is 10.0. The quantitative estimate of drug-likeness (QED) is 0.559. The number of hydrogen-bond donors (Lipinski definition) is 1. The minimum Gasteiger partial charge on any atom is -0.488 e. The molecule has 0 saturated carbocycles. The lowest BCUT2D eigenvalue weighted by molar-refractivity contribution is -0.292. The summed E-state index contributed by atoms with van der Waals surface area (Å²) in [7, 11) is 0. The zero-order valence-corrected chi connectivity index (χ0v) is 14.6. The fourth-order valence-corrected chi connectivity index (χ4v) is 2.94. The molecule has 1 fully saturated rings. The number of benzene rings is 1. The topological polar surface area (TPSA) is 38.7 Å². The number of rotatable bonds is 12. The van der Waals surface area contributed by atoms with Gasteiger partial charge in [0.15, 0.2) is 0 Å². The first-order valence-corrected chi connectivity index (χ1v) is 9.30. The van der Waals surface area contributed by atoms with Crippen molar-refractivity contribution in [1.82, 2.24) is 0 Å². The third-order valence-corrected chi connectivity index (χ3v) is 4.59. The van der Waals surface area contributed by atoms with Crippen molar-refractivity contribution >= 4 is 0 Å². The Morgan fingerprint density at radius 2 is 1.70 bits per heavy atom. The molecule has 1 N–H and O–H groups in total. The summed E-state index contributed by atoms with van der Waals surface area (Å²) in [5, 5.41) is 9.95. The number of ether oxygens (including phenoxy) is 2. The molecule has 1 aliphatic rings. The van der Waals surface area contributed by atoms with Gasteiger partial charge in [0.05, 0.1) is 6.61 Å². The van der Waals surface area contributed by atoms with E-state index < -0.39 is 5.79 Å². The van der Waals surface area contributed by atoms with E-state index in [2.05, 4.69) is 19.1 Å². The molecule has 1 aromatic rings. The largest absolute Gasteiger partial charge is 0.488 e. The van der Waals surface area contributed by atoms with Crippen molar-refractivity contribution in [3.63, 3.8) is 0 Å². The molecule has 3 heteroatoms. The van der Waals surface area contributed by atoms with Crippen molar-refractivity contribution in [3.05, 3.63) is 29.8 Å². The van der Waals surface area contributed by atoms with E-state index in [4.69, 9.17) is 9.47 Å². The van der Waals surface area contributed by atoms with Crippen molar-refractivity contribution < 1.29 is 14.6 Å². The first kappa shape index (κ1) is 18.3. The minimum absolute atomic E-state index is 0.224. The molecule has 1 unspecified atom stereocenters. The van der Waals surface area contributed by atoms with E-state index >= 15 is 0 Å². The zero-order valence-electron chi connectivity index (χ0n) is 14.6. The van der Waals surface area contributed by atoms with Gasteiger partial charge in [-0.3, -0.25) is 0 Å². The fraction of sp³-hybridized carbons (Fsp3) is 0.700. The number of aryl methyl sites for hydroxylation is 1. The molecule has 0 bridgehead atoms. The van der Waals surface area contributed by atoms with Crippen LogP contribution in [0.4, 0.5) is 0 Å². The van der Waals surface area contributed by atoms with Crippen molar-refractivity contribution in [2.24, 2.45) is 0 Å². The summed E-state index contributed by atoms with van der Waals surface area (Å²) in [4.78, 5) is 0. The summed E-state index contributed by atoms with van der Waals surface area (Å²) in [5.41, 5.74) is 1.24. The second kappa shape index (κ2) is 9.94. The van der Waals surface area contributed by atoms with Crippen LogP contribution in [0, 0.1) is 0 Å². The molecule has 0 aliphatic carbocycles. The van der Waals surface area contributed by atoms with Crippen LogP contribution in [0.15, 0.2) is 24.3 Å². The third kappa shape index (κ3) is 6.52. The fourth-order valence-electron chi connectivity index (χ4n) is 2.94. The molecule has 2 rings (SSSR count). The first-order valence-electron chi connectivity index (χ1n) is 9.30. The predicted octanol–water partition coefficient (Wildman–Crippen LogP) is 4.86. The molecule has 0 radical (unpaired) electrons. The van der Waals surface area contributed by atoms with Gasteiger partial charge in [-0.25, -0.2) is 0 Å². The van der Waals surface area contributed by atoms with Gasteiger partial charge in [0.1, 0.15) is 12.4 Å². The van der Waals surface area contributed by atoms with Crippen LogP contribution < -0.4 is 4.74 Å². The second-order valence-electron chi connectivity index (χ2n) is 6.67. The highest BCUT2D eigenvalue weighted by atomic mass is 16.7. The molecule has 0 spiro atoms. The van der Waals surface area contributed by atoms with Crippen LogP contribution in [0.1, 0.15) is 70.3 Å². The molecule has 1 saturated heterocycles. The summed E-state index contributed by atoms with van der Waals surface area (Å²) in [5.74, 6) is -0.176. The Hall–Kier alpha value is -1.06. The van der Waals surface area contributed by atoms with Crippen LogP contribution in [0.25, 0.3) is 0 Å². The van der Waals surface area contributed by atoms with Crippen LogP contribution in [-0.4, -0.2) is 24.1 Å². The summed E-state index contributed by atoms with van der Waals surface area (Å²) >= 11 is 0. The highest BCUT2D eigenvalue weighted by Crippen LogP contribution is 2.26. The standard InChI is InChI=1S/C20H32O3/c1-2-3-4-5-6-7-8-9-12-18-13-10-11-14-19(18)22-17-20(21)15-16-23-20/h10-11,13-14,21H,2-9,12,15-17H2,1H3. The van der Waals surface area contributed by atoms with Crippen LogP contribution in [0.5, 0.6) is 5.75 Å². The average Bonchev–Trinajstić information content (AvgIpc) is 2.54. The first-order chi connectivity index (χ1) is 11.2. The molecule has 0 amide bonds. The van der Waals surface area contributed by atoms with Crippen LogP contribution in [0.3, 0.4) is 0 Å². The van der Waals surface area contributed by atoms with E-state index in [1.165, 1.54) is 56.9 Å². The normalized spacial score (nSPS) is 20.3. The van der Waals surface area contributed by atoms with Gasteiger partial charge in [0, 0.05) is 6.42 Å². The van der Waals surface area contributed by atoms with E-state index in [0.717, 1.165) is 12.2 Å². The Balaban J connectivity index is 1.64. The maximum absolute atomic E-state index is 9.95. The maximum atomic E-state index is 9.95. The van der Waals surface area contributed by atoms with Crippen LogP contribution >= 0.6 is 0 Å². The molecule has 23 heavy (non-hydrogen) atoms. The van der Waals surface area contributed by atoms with Gasteiger partial charge in [-0.05, 0) is 24.5 Å². The molecule has 3 nitrogen and oxygen atoms in total. The molecular weight excluding hydrogens is 288 g/mol. The smallest absolute Gasteiger partial charge is 0.202 e. The van der Waals surface area contributed by atoms with E-state index in [-0.39, 0.29) is 6.61 Å². The maximum Gasteiger partial charge on any atom is 0.202 e. The molecule has 1 aromatic carbocycles. The van der Waals surface area contributed by atoms with Gasteiger partial charge in [0.2, 0.25) is 5.79 Å². The number of hydrogen-bond acceptors (Lipinski definition) is 3. The van der Waals surface area contributed by atoms with Crippen LogP contribution in [0.2, 0.25) is 0 Å². The van der Waals surface area contributed by atoms with E-state index in [9.17, 15) is 5.11 Å². The SMILES string of the molecule is CCCCCCCCCCc1ccccc1OCC1(O)CCO1. The zero-order chi connectivity index (χ0) is 16.4. The van der Waals surface area contributed by atoms with Gasteiger partial charge < -0.3 is 14.6 Å². The molecular formula is C20H32O3. The Kier molecular flexibility index (Phi) is 7.90. The van der Waals surface area contributed by atoms with Gasteiger partial charge in [-0.2, -0.15) is 0 Å². The number of aliphatic hydroxyl groups is 1. The Bertz CT molecular complexity index is 440. The molecule has 130 valence electrons. The third-order valence-electron chi connectivity index (χ3n) is 4.59. The van der Waals surface area contributed by atoms with Gasteiger partial charge in [-0.1, -0.05) is 70.1 Å². The lowest BCUT2D eigenvalue weighted by Gasteiger charge is -2.36. The molecule has 1 atom stereocenters. The van der Waals surface area contributed by atoms with E-state index in [1.807, 2.05) is 12.1 Å². The monoisotopic (exact) mass is 320 g/mol. The molecule has 1 aliphatic heterocycles. The van der Waals surface area contributed by atoms with Crippen LogP contribution in [-0.2, 0) is 11.2 Å². The Morgan fingerprint density at radius 3 is 2.35 bits per heavy atom. The van der Waals surface area contributed by atoms with Gasteiger partial charge in [0.25, 0.3) is 0 Å². The van der Waals surface area contributed by atoms with Crippen molar-refractivity contribution in [3.8, 4) is 5.75 Å². The van der Waals surface area contributed by atoms with Gasteiger partial charge in [-0.15, -0.1) is 0 Å². The lowest BCUT2D eigenvalue weighted by Crippen LogP contribution is -2.48. The number of para-hydroxylation sites is 1. The second-order valence-corrected chi connectivity index (χ2v) is 6.67. The Morgan fingerprint density at radius 1 is 1.04 bits per heavy atom. The van der Waals surface area contributed by atoms with Gasteiger partial charge >= 0.3 is 0 Å². The Labute approximate surface area is 141 Å². The predicted molar refractivity (Wildman–Crippen MR) is 93.8 cm³/mol. The van der Waals surface area contributed by atoms with Crippen molar-refractivity contribution in [2.75, 3.05) is 13.2 Å². The minimum atomic E-state index is -1.06. The average molecular weight is 320 g/mol. The molecule has 0 aromatic heterocycles.